The third kappa shape index (κ3) is 1.85. The van der Waals surface area contributed by atoms with Crippen LogP contribution in [0.3, 0.4) is 0 Å². The van der Waals surface area contributed by atoms with Crippen molar-refractivity contribution in [3.05, 3.63) is 17.3 Å². The van der Waals surface area contributed by atoms with Crippen LogP contribution in [-0.2, 0) is 0 Å². The summed E-state index contributed by atoms with van der Waals surface area (Å²) in [4.78, 5) is 11.7. The topological polar surface area (TPSA) is 66.9 Å². The van der Waals surface area contributed by atoms with Crippen molar-refractivity contribution in [3.8, 4) is 0 Å². The molecular formula is C11H16N4O. The minimum Gasteiger partial charge on any atom is -0.371 e. The Morgan fingerprint density at radius 2 is 2.12 bits per heavy atom. The molecule has 5 nitrogen and oxygen atoms in total. The van der Waals surface area contributed by atoms with Gasteiger partial charge >= 0.3 is 0 Å². The van der Waals surface area contributed by atoms with Crippen molar-refractivity contribution >= 4 is 11.7 Å². The normalized spacial score (nSPS) is 15.4. The van der Waals surface area contributed by atoms with Gasteiger partial charge in [0.2, 0.25) is 0 Å². The summed E-state index contributed by atoms with van der Waals surface area (Å²) in [7, 11) is 3.35. The molecule has 0 saturated heterocycles. The number of hydrogen-bond acceptors (Lipinski definition) is 4. The largest absolute Gasteiger partial charge is 0.371 e. The van der Waals surface area contributed by atoms with Gasteiger partial charge in [0.25, 0.3) is 5.91 Å². The van der Waals surface area contributed by atoms with Gasteiger partial charge in [-0.3, -0.25) is 4.79 Å². The molecule has 0 unspecified atom stereocenters. The minimum atomic E-state index is -0.125. The number of anilines is 1. The van der Waals surface area contributed by atoms with Gasteiger partial charge in [0, 0.05) is 20.0 Å². The summed E-state index contributed by atoms with van der Waals surface area (Å²) in [6.45, 7) is 0. The zero-order valence-electron chi connectivity index (χ0n) is 9.58. The van der Waals surface area contributed by atoms with E-state index in [0.29, 0.717) is 17.3 Å². The van der Waals surface area contributed by atoms with E-state index in [1.54, 1.807) is 14.1 Å². The fourth-order valence-corrected chi connectivity index (χ4v) is 1.80. The summed E-state index contributed by atoms with van der Waals surface area (Å²) in [5, 5.41) is 13.7. The molecule has 0 aliphatic heterocycles. The zero-order valence-corrected chi connectivity index (χ0v) is 9.58. The van der Waals surface area contributed by atoms with Crippen LogP contribution in [0.15, 0.2) is 6.07 Å². The molecule has 16 heavy (non-hydrogen) atoms. The molecule has 0 bridgehead atoms. The molecule has 2 N–H and O–H groups in total. The van der Waals surface area contributed by atoms with E-state index in [9.17, 15) is 4.79 Å². The SMILES string of the molecule is CNC(=O)c1cc(C2CCC2)nnc1NC. The Morgan fingerprint density at radius 1 is 1.38 bits per heavy atom. The maximum absolute atomic E-state index is 11.7. The molecule has 5 heteroatoms. The first-order valence-electron chi connectivity index (χ1n) is 5.53. The van der Waals surface area contributed by atoms with E-state index in [2.05, 4.69) is 20.8 Å². The number of amides is 1. The van der Waals surface area contributed by atoms with Crippen LogP contribution in [-0.4, -0.2) is 30.2 Å². The van der Waals surface area contributed by atoms with Crippen LogP contribution in [0.5, 0.6) is 0 Å². The molecule has 0 spiro atoms. The molecule has 0 atom stereocenters. The van der Waals surface area contributed by atoms with Crippen LogP contribution in [0.4, 0.5) is 5.82 Å². The van der Waals surface area contributed by atoms with Gasteiger partial charge in [-0.25, -0.2) is 0 Å². The molecular weight excluding hydrogens is 204 g/mol. The molecule has 1 aromatic rings. The third-order valence-corrected chi connectivity index (χ3v) is 3.04. The van der Waals surface area contributed by atoms with Gasteiger partial charge in [-0.1, -0.05) is 6.42 Å². The van der Waals surface area contributed by atoms with E-state index >= 15 is 0 Å². The Bertz CT molecular complexity index is 401. The molecule has 0 aromatic carbocycles. The molecule has 86 valence electrons. The summed E-state index contributed by atoms with van der Waals surface area (Å²) in [5.74, 6) is 0.893. The molecule has 2 rings (SSSR count). The second-order valence-electron chi connectivity index (χ2n) is 3.99. The minimum absolute atomic E-state index is 0.125. The van der Waals surface area contributed by atoms with Crippen LogP contribution >= 0.6 is 0 Å². The number of nitrogens with one attached hydrogen (secondary N) is 2. The fourth-order valence-electron chi connectivity index (χ4n) is 1.80. The summed E-state index contributed by atoms with van der Waals surface area (Å²) in [6.07, 6.45) is 3.55. The van der Waals surface area contributed by atoms with Crippen molar-refractivity contribution in [1.29, 1.82) is 0 Å². The molecule has 1 aromatic heterocycles. The number of rotatable bonds is 3. The molecule has 1 aliphatic rings. The van der Waals surface area contributed by atoms with E-state index in [-0.39, 0.29) is 5.91 Å². The number of carbonyl (C=O) groups is 1. The molecule has 1 amide bonds. The monoisotopic (exact) mass is 220 g/mol. The smallest absolute Gasteiger partial charge is 0.254 e. The van der Waals surface area contributed by atoms with Crippen LogP contribution in [0, 0.1) is 0 Å². The lowest BCUT2D eigenvalue weighted by Crippen LogP contribution is -2.22. The fraction of sp³-hybridized carbons (Fsp3) is 0.545. The highest BCUT2D eigenvalue weighted by atomic mass is 16.1. The molecule has 1 saturated carbocycles. The van der Waals surface area contributed by atoms with E-state index in [1.807, 2.05) is 6.07 Å². The number of aromatic nitrogens is 2. The van der Waals surface area contributed by atoms with Crippen molar-refractivity contribution in [3.63, 3.8) is 0 Å². The highest BCUT2D eigenvalue weighted by molar-refractivity contribution is 5.98. The summed E-state index contributed by atoms with van der Waals surface area (Å²) in [6, 6.07) is 1.85. The van der Waals surface area contributed by atoms with E-state index in [0.717, 1.165) is 18.5 Å². The van der Waals surface area contributed by atoms with Crippen LogP contribution in [0.1, 0.15) is 41.2 Å². The van der Waals surface area contributed by atoms with Crippen molar-refractivity contribution in [2.45, 2.75) is 25.2 Å². The first-order valence-corrected chi connectivity index (χ1v) is 5.53. The maximum Gasteiger partial charge on any atom is 0.254 e. The van der Waals surface area contributed by atoms with Crippen molar-refractivity contribution < 1.29 is 4.79 Å². The van der Waals surface area contributed by atoms with Crippen LogP contribution in [0.2, 0.25) is 0 Å². The van der Waals surface area contributed by atoms with Gasteiger partial charge in [0.15, 0.2) is 5.82 Å². The second-order valence-corrected chi connectivity index (χ2v) is 3.99. The lowest BCUT2D eigenvalue weighted by Gasteiger charge is -2.24. The standard InChI is InChI=1S/C11H16N4O/c1-12-10-8(11(16)13-2)6-9(14-15-10)7-4-3-5-7/h6-7H,3-5H2,1-2H3,(H,12,15)(H,13,16). The van der Waals surface area contributed by atoms with Gasteiger partial charge in [-0.05, 0) is 18.9 Å². The zero-order chi connectivity index (χ0) is 11.5. The summed E-state index contributed by atoms with van der Waals surface area (Å²) >= 11 is 0. The van der Waals surface area contributed by atoms with Gasteiger partial charge in [-0.2, -0.15) is 5.10 Å². The summed E-state index contributed by atoms with van der Waals surface area (Å²) in [5.41, 5.74) is 1.51. The first kappa shape index (κ1) is 10.9. The van der Waals surface area contributed by atoms with Crippen molar-refractivity contribution in [2.75, 3.05) is 19.4 Å². The predicted octanol–water partition coefficient (Wildman–Crippen LogP) is 1.15. The highest BCUT2D eigenvalue weighted by Gasteiger charge is 2.23. The van der Waals surface area contributed by atoms with E-state index < -0.39 is 0 Å². The lowest BCUT2D eigenvalue weighted by atomic mass is 9.82. The third-order valence-electron chi connectivity index (χ3n) is 3.04. The highest BCUT2D eigenvalue weighted by Crippen LogP contribution is 2.35. The first-order chi connectivity index (χ1) is 7.76. The number of nitrogens with zero attached hydrogens (tertiary/aromatic N) is 2. The molecule has 1 fully saturated rings. The van der Waals surface area contributed by atoms with Crippen LogP contribution < -0.4 is 10.6 Å². The van der Waals surface area contributed by atoms with Gasteiger partial charge in [-0.15, -0.1) is 5.10 Å². The Hall–Kier alpha value is -1.65. The van der Waals surface area contributed by atoms with Gasteiger partial charge < -0.3 is 10.6 Å². The van der Waals surface area contributed by atoms with E-state index in [4.69, 9.17) is 0 Å². The average Bonchev–Trinajstić information content (AvgIpc) is 2.25. The van der Waals surface area contributed by atoms with Crippen molar-refractivity contribution in [2.24, 2.45) is 0 Å². The molecule has 1 aliphatic carbocycles. The Balaban J connectivity index is 2.33. The quantitative estimate of drug-likeness (QED) is 0.801. The lowest BCUT2D eigenvalue weighted by molar-refractivity contribution is 0.0963. The van der Waals surface area contributed by atoms with E-state index in [1.165, 1.54) is 6.42 Å². The maximum atomic E-state index is 11.7. The number of carbonyl (C=O) groups excluding carboxylic acids is 1. The Kier molecular flexibility index (Phi) is 3.03. The Labute approximate surface area is 94.6 Å². The second kappa shape index (κ2) is 4.47. The Morgan fingerprint density at radius 3 is 2.62 bits per heavy atom. The predicted molar refractivity (Wildman–Crippen MR) is 61.6 cm³/mol. The average molecular weight is 220 g/mol. The number of hydrogen-bond donors (Lipinski definition) is 2. The summed E-state index contributed by atoms with van der Waals surface area (Å²) < 4.78 is 0. The molecule has 1 heterocycles. The molecule has 0 radical (unpaired) electrons. The van der Waals surface area contributed by atoms with Crippen LogP contribution in [0.25, 0.3) is 0 Å². The van der Waals surface area contributed by atoms with Gasteiger partial charge in [0.05, 0.1) is 11.3 Å². The van der Waals surface area contributed by atoms with Crippen molar-refractivity contribution in [1.82, 2.24) is 15.5 Å². The van der Waals surface area contributed by atoms with Gasteiger partial charge in [0.1, 0.15) is 0 Å².